The summed E-state index contributed by atoms with van der Waals surface area (Å²) in [5, 5.41) is 3.57. The summed E-state index contributed by atoms with van der Waals surface area (Å²) in [4.78, 5) is 9.25. The number of rotatable bonds is 10. The molecule has 1 aromatic carbocycles. The van der Waals surface area contributed by atoms with Crippen LogP contribution in [0.2, 0.25) is 0 Å². The van der Waals surface area contributed by atoms with Gasteiger partial charge in [0.05, 0.1) is 0 Å². The average molecular weight is 369 g/mol. The van der Waals surface area contributed by atoms with Crippen molar-refractivity contribution in [3.05, 3.63) is 59.9 Å². The highest BCUT2D eigenvalue weighted by molar-refractivity contribution is 5.33. The van der Waals surface area contributed by atoms with Crippen molar-refractivity contribution in [2.24, 2.45) is 0 Å². The minimum Gasteiger partial charge on any atom is -0.489 e. The molecule has 0 bridgehead atoms. The van der Waals surface area contributed by atoms with E-state index < -0.39 is 0 Å². The first kappa shape index (κ1) is 19.8. The lowest BCUT2D eigenvalue weighted by Crippen LogP contribution is -2.46. The van der Waals surface area contributed by atoms with Crippen molar-refractivity contribution in [2.45, 2.75) is 26.5 Å². The van der Waals surface area contributed by atoms with E-state index in [0.717, 1.165) is 24.4 Å². The van der Waals surface area contributed by atoms with E-state index in [2.05, 4.69) is 39.2 Å². The molecule has 27 heavy (non-hydrogen) atoms. The third-order valence-corrected chi connectivity index (χ3v) is 5.15. The molecule has 2 aromatic rings. The van der Waals surface area contributed by atoms with Crippen LogP contribution in [0.25, 0.3) is 0 Å². The summed E-state index contributed by atoms with van der Waals surface area (Å²) in [5.74, 6) is 0.949. The van der Waals surface area contributed by atoms with Gasteiger partial charge in [0.15, 0.2) is 0 Å². The van der Waals surface area contributed by atoms with E-state index in [4.69, 9.17) is 4.74 Å². The predicted octanol–water partition coefficient (Wildman–Crippen LogP) is 2.78. The molecule has 0 atom stereocenters. The van der Waals surface area contributed by atoms with Gasteiger partial charge >= 0.3 is 0 Å². The zero-order valence-electron chi connectivity index (χ0n) is 16.4. The molecule has 1 aliphatic heterocycles. The van der Waals surface area contributed by atoms with Gasteiger partial charge < -0.3 is 19.9 Å². The lowest BCUT2D eigenvalue weighted by molar-refractivity contribution is 0.136. The highest BCUT2D eigenvalue weighted by atomic mass is 16.5. The van der Waals surface area contributed by atoms with Gasteiger partial charge in [0.1, 0.15) is 12.4 Å². The van der Waals surface area contributed by atoms with Gasteiger partial charge in [-0.05, 0) is 38.2 Å². The normalized spacial score (nSPS) is 15.7. The Morgan fingerprint density at radius 2 is 1.85 bits per heavy atom. The molecule has 146 valence electrons. The summed E-state index contributed by atoms with van der Waals surface area (Å²) in [6.45, 7) is 11.9. The molecule has 1 saturated heterocycles. The molecule has 1 aliphatic rings. The molecule has 2 heterocycles. The van der Waals surface area contributed by atoms with E-state index >= 15 is 0 Å². The maximum atomic E-state index is 6.00. The number of nitrogens with one attached hydrogen (secondary N) is 1. The molecule has 3 rings (SSSR count). The summed E-state index contributed by atoms with van der Waals surface area (Å²) >= 11 is 0. The minimum absolute atomic E-state index is 0.550. The van der Waals surface area contributed by atoms with E-state index in [1.54, 1.807) is 6.20 Å². The molecular formula is C22H32N4O. The van der Waals surface area contributed by atoms with Gasteiger partial charge in [-0.25, -0.2) is 0 Å². The number of benzene rings is 1. The molecule has 1 aromatic heterocycles. The second kappa shape index (κ2) is 11.0. The smallest absolute Gasteiger partial charge is 0.124 e. The fraction of sp³-hybridized carbons (Fsp3) is 0.500. The van der Waals surface area contributed by atoms with E-state index in [9.17, 15) is 0 Å². The van der Waals surface area contributed by atoms with Crippen LogP contribution in [0.4, 0.5) is 0 Å². The van der Waals surface area contributed by atoms with Gasteiger partial charge in [-0.15, -0.1) is 0 Å². The van der Waals surface area contributed by atoms with Crippen molar-refractivity contribution in [1.29, 1.82) is 0 Å². The van der Waals surface area contributed by atoms with E-state index in [1.165, 1.54) is 51.3 Å². The molecule has 0 aliphatic carbocycles. The van der Waals surface area contributed by atoms with Gasteiger partial charge in [-0.2, -0.15) is 0 Å². The van der Waals surface area contributed by atoms with E-state index in [-0.39, 0.29) is 0 Å². The second-order valence-electron chi connectivity index (χ2n) is 7.06. The van der Waals surface area contributed by atoms with Crippen LogP contribution in [-0.2, 0) is 13.2 Å². The number of hydrogen-bond donors (Lipinski definition) is 1. The molecule has 0 amide bonds. The standard InChI is InChI=1S/C22H32N4O/c1-2-25-13-15-26(16-14-25)12-6-11-24-18-21-8-3-4-9-22(21)27-19-20-7-5-10-23-17-20/h3-5,7-10,17,24H,2,6,11-16,18-19H2,1H3. The lowest BCUT2D eigenvalue weighted by atomic mass is 10.2. The topological polar surface area (TPSA) is 40.6 Å². The van der Waals surface area contributed by atoms with E-state index in [1.807, 2.05) is 30.5 Å². The number of hydrogen-bond acceptors (Lipinski definition) is 5. The van der Waals surface area contributed by atoms with Crippen molar-refractivity contribution in [3.63, 3.8) is 0 Å². The van der Waals surface area contributed by atoms with Crippen LogP contribution < -0.4 is 10.1 Å². The molecule has 1 fully saturated rings. The third-order valence-electron chi connectivity index (χ3n) is 5.15. The number of piperazine rings is 1. The fourth-order valence-corrected chi connectivity index (χ4v) is 3.42. The Bertz CT molecular complexity index is 656. The van der Waals surface area contributed by atoms with Gasteiger partial charge in [0.2, 0.25) is 0 Å². The SMILES string of the molecule is CCN1CCN(CCCNCc2ccccc2OCc2cccnc2)CC1. The van der Waals surface area contributed by atoms with Crippen LogP contribution >= 0.6 is 0 Å². The second-order valence-corrected chi connectivity index (χ2v) is 7.06. The molecule has 0 saturated carbocycles. The number of aromatic nitrogens is 1. The quantitative estimate of drug-likeness (QED) is 0.653. The predicted molar refractivity (Wildman–Crippen MR) is 110 cm³/mol. The third kappa shape index (κ3) is 6.61. The average Bonchev–Trinajstić information content (AvgIpc) is 2.74. The molecule has 0 spiro atoms. The maximum absolute atomic E-state index is 6.00. The van der Waals surface area contributed by atoms with Crippen LogP contribution in [0.1, 0.15) is 24.5 Å². The summed E-state index contributed by atoms with van der Waals surface area (Å²) in [5.41, 5.74) is 2.29. The maximum Gasteiger partial charge on any atom is 0.124 e. The van der Waals surface area contributed by atoms with Crippen molar-refractivity contribution in [2.75, 3.05) is 45.8 Å². The monoisotopic (exact) mass is 368 g/mol. The number of para-hydroxylation sites is 1. The summed E-state index contributed by atoms with van der Waals surface area (Å²) in [7, 11) is 0. The first-order valence-electron chi connectivity index (χ1n) is 10.1. The number of nitrogens with zero attached hydrogens (tertiary/aromatic N) is 3. The minimum atomic E-state index is 0.550. The molecule has 1 N–H and O–H groups in total. The number of likely N-dealkylation sites (N-methyl/N-ethyl adjacent to an activating group) is 1. The number of pyridine rings is 1. The Kier molecular flexibility index (Phi) is 8.08. The summed E-state index contributed by atoms with van der Waals surface area (Å²) in [6, 6.07) is 12.2. The Hall–Kier alpha value is -1.95. The van der Waals surface area contributed by atoms with Gasteiger partial charge in [0, 0.05) is 56.2 Å². The van der Waals surface area contributed by atoms with Crippen molar-refractivity contribution < 1.29 is 4.74 Å². The highest BCUT2D eigenvalue weighted by Crippen LogP contribution is 2.19. The Balaban J connectivity index is 1.36. The fourth-order valence-electron chi connectivity index (χ4n) is 3.42. The van der Waals surface area contributed by atoms with Gasteiger partial charge in [0.25, 0.3) is 0 Å². The Morgan fingerprint density at radius 1 is 1.04 bits per heavy atom. The Labute approximate surface area is 163 Å². The van der Waals surface area contributed by atoms with E-state index in [0.29, 0.717) is 6.61 Å². The van der Waals surface area contributed by atoms with Crippen molar-refractivity contribution >= 4 is 0 Å². The van der Waals surface area contributed by atoms with Gasteiger partial charge in [-0.3, -0.25) is 4.98 Å². The van der Waals surface area contributed by atoms with Crippen LogP contribution in [0.5, 0.6) is 5.75 Å². The molecule has 0 radical (unpaired) electrons. The van der Waals surface area contributed by atoms with Crippen LogP contribution in [-0.4, -0.2) is 60.6 Å². The highest BCUT2D eigenvalue weighted by Gasteiger charge is 2.14. The lowest BCUT2D eigenvalue weighted by Gasteiger charge is -2.34. The zero-order valence-corrected chi connectivity index (χ0v) is 16.4. The van der Waals surface area contributed by atoms with Gasteiger partial charge in [-0.1, -0.05) is 31.2 Å². The first-order valence-corrected chi connectivity index (χ1v) is 10.1. The summed E-state index contributed by atoms with van der Waals surface area (Å²) in [6.07, 6.45) is 4.82. The molecule has 0 unspecified atom stereocenters. The zero-order chi connectivity index (χ0) is 18.7. The molecular weight excluding hydrogens is 336 g/mol. The Morgan fingerprint density at radius 3 is 2.63 bits per heavy atom. The summed E-state index contributed by atoms with van der Waals surface area (Å²) < 4.78 is 6.00. The van der Waals surface area contributed by atoms with Crippen LogP contribution in [0.15, 0.2) is 48.8 Å². The van der Waals surface area contributed by atoms with Crippen molar-refractivity contribution in [1.82, 2.24) is 20.1 Å². The van der Waals surface area contributed by atoms with Crippen molar-refractivity contribution in [3.8, 4) is 5.75 Å². The van der Waals surface area contributed by atoms with Crippen LogP contribution in [0, 0.1) is 0 Å². The van der Waals surface area contributed by atoms with Crippen LogP contribution in [0.3, 0.4) is 0 Å². The largest absolute Gasteiger partial charge is 0.489 e. The first-order chi connectivity index (χ1) is 13.3. The number of ether oxygens (including phenoxy) is 1. The molecule has 5 nitrogen and oxygen atoms in total. The molecule has 5 heteroatoms.